The predicted molar refractivity (Wildman–Crippen MR) is 128 cm³/mol. The van der Waals surface area contributed by atoms with Crippen LogP contribution in [0.15, 0.2) is 41.3 Å². The van der Waals surface area contributed by atoms with Gasteiger partial charge in [-0.25, -0.2) is 0 Å². The minimum atomic E-state index is -4.73. The van der Waals surface area contributed by atoms with Crippen molar-refractivity contribution in [3.8, 4) is 23.3 Å². The van der Waals surface area contributed by atoms with Gasteiger partial charge in [0.1, 0.15) is 5.75 Å². The number of nitriles is 1. The highest BCUT2D eigenvalue weighted by molar-refractivity contribution is 8.18. The highest BCUT2D eigenvalue weighted by atomic mass is 32.2. The summed E-state index contributed by atoms with van der Waals surface area (Å²) in [7, 11) is 1.33. The molecule has 2 heterocycles. The van der Waals surface area contributed by atoms with Crippen molar-refractivity contribution in [1.29, 1.82) is 5.26 Å². The minimum absolute atomic E-state index is 0.0172. The van der Waals surface area contributed by atoms with Crippen LogP contribution in [-0.4, -0.2) is 54.2 Å². The topological polar surface area (TPSA) is 82.9 Å². The van der Waals surface area contributed by atoms with Crippen molar-refractivity contribution in [3.63, 3.8) is 0 Å². The number of alkyl halides is 3. The van der Waals surface area contributed by atoms with Crippen LogP contribution in [0.5, 0.6) is 17.2 Å². The van der Waals surface area contributed by atoms with E-state index in [1.54, 1.807) is 12.1 Å². The summed E-state index contributed by atoms with van der Waals surface area (Å²) in [6.45, 7) is 2.89. The van der Waals surface area contributed by atoms with Gasteiger partial charge >= 0.3 is 6.18 Å². The van der Waals surface area contributed by atoms with Gasteiger partial charge in [-0.15, -0.1) is 0 Å². The summed E-state index contributed by atoms with van der Waals surface area (Å²) >= 11 is 0.844. The molecular formula is C25H22F3N3O4S. The molecule has 0 unspecified atom stereocenters. The van der Waals surface area contributed by atoms with Gasteiger partial charge in [0.15, 0.2) is 11.5 Å². The van der Waals surface area contributed by atoms with Crippen LogP contribution < -0.4 is 9.47 Å². The molecule has 0 aromatic heterocycles. The zero-order chi connectivity index (χ0) is 25.9. The van der Waals surface area contributed by atoms with Crippen molar-refractivity contribution in [2.45, 2.75) is 19.0 Å². The first-order valence-electron chi connectivity index (χ1n) is 11.1. The molecule has 188 valence electrons. The number of hydrogen-bond acceptors (Lipinski definition) is 7. The Kier molecular flexibility index (Phi) is 7.56. The lowest BCUT2D eigenvalue weighted by Gasteiger charge is -2.18. The van der Waals surface area contributed by atoms with E-state index in [9.17, 15) is 22.8 Å². The quantitative estimate of drug-likeness (QED) is 0.448. The van der Waals surface area contributed by atoms with E-state index in [0.717, 1.165) is 49.8 Å². The molecule has 2 aromatic carbocycles. The SMILES string of the molecule is COc1cc(/C=C2\SC(=O)N(CCN3CCCC3)C2=O)ccc1Oc1ccc(C#N)cc1C(F)(F)F. The number of hydrogen-bond donors (Lipinski definition) is 0. The van der Waals surface area contributed by atoms with Crippen LogP contribution >= 0.6 is 11.8 Å². The van der Waals surface area contributed by atoms with Crippen molar-refractivity contribution >= 4 is 29.0 Å². The molecule has 0 aliphatic carbocycles. The second-order valence-corrected chi connectivity index (χ2v) is 9.21. The van der Waals surface area contributed by atoms with E-state index < -0.39 is 17.5 Å². The second-order valence-electron chi connectivity index (χ2n) is 8.21. The van der Waals surface area contributed by atoms with Crippen LogP contribution in [0, 0.1) is 11.3 Å². The van der Waals surface area contributed by atoms with Gasteiger partial charge in [0.25, 0.3) is 11.1 Å². The molecule has 0 atom stereocenters. The lowest BCUT2D eigenvalue weighted by atomic mass is 10.1. The number of amides is 2. The maximum Gasteiger partial charge on any atom is 0.420 e. The lowest BCUT2D eigenvalue weighted by Crippen LogP contribution is -2.36. The molecule has 2 fully saturated rings. The third-order valence-electron chi connectivity index (χ3n) is 5.83. The summed E-state index contributed by atoms with van der Waals surface area (Å²) in [5.41, 5.74) is -0.721. The third kappa shape index (κ3) is 5.66. The van der Waals surface area contributed by atoms with E-state index in [4.69, 9.17) is 14.7 Å². The Bertz CT molecular complexity index is 1250. The lowest BCUT2D eigenvalue weighted by molar-refractivity contribution is -0.138. The standard InChI is InChI=1S/C25H22F3N3O4S/c1-34-21-13-16(14-22-23(32)31(24(33)36-22)11-10-30-8-2-3-9-30)4-7-20(21)35-19-6-5-17(15-29)12-18(19)25(26,27)28/h4-7,12-14H,2-3,8-11H2,1H3/b22-14-. The van der Waals surface area contributed by atoms with Crippen LogP contribution in [0.25, 0.3) is 6.08 Å². The van der Waals surface area contributed by atoms with Crippen LogP contribution in [0.2, 0.25) is 0 Å². The van der Waals surface area contributed by atoms with Gasteiger partial charge in [-0.05, 0) is 79.7 Å². The largest absolute Gasteiger partial charge is 0.493 e. The van der Waals surface area contributed by atoms with Gasteiger partial charge in [0.2, 0.25) is 0 Å². The predicted octanol–water partition coefficient (Wildman–Crippen LogP) is 5.51. The Labute approximate surface area is 210 Å². The first-order valence-corrected chi connectivity index (χ1v) is 12.0. The summed E-state index contributed by atoms with van der Waals surface area (Å²) in [6, 6.07) is 9.17. The molecule has 0 bridgehead atoms. The monoisotopic (exact) mass is 517 g/mol. The molecule has 0 saturated carbocycles. The Balaban J connectivity index is 1.53. The number of benzene rings is 2. The zero-order valence-corrected chi connectivity index (χ0v) is 20.1. The fourth-order valence-corrected chi connectivity index (χ4v) is 4.84. The number of nitrogens with zero attached hydrogens (tertiary/aromatic N) is 3. The van der Waals surface area contributed by atoms with E-state index in [2.05, 4.69) is 4.90 Å². The van der Waals surface area contributed by atoms with Crippen LogP contribution in [0.3, 0.4) is 0 Å². The smallest absolute Gasteiger partial charge is 0.420 e. The molecule has 2 aliphatic rings. The van der Waals surface area contributed by atoms with Crippen molar-refractivity contribution in [2.75, 3.05) is 33.3 Å². The molecule has 2 saturated heterocycles. The summed E-state index contributed by atoms with van der Waals surface area (Å²) in [6.07, 6.45) is -0.957. The van der Waals surface area contributed by atoms with Gasteiger partial charge in [-0.2, -0.15) is 18.4 Å². The van der Waals surface area contributed by atoms with Crippen molar-refractivity contribution in [3.05, 3.63) is 58.0 Å². The summed E-state index contributed by atoms with van der Waals surface area (Å²) < 4.78 is 51.3. The molecule has 2 aromatic rings. The third-order valence-corrected chi connectivity index (χ3v) is 6.74. The fraction of sp³-hybridized carbons (Fsp3) is 0.320. The normalized spacial score (nSPS) is 17.6. The van der Waals surface area contributed by atoms with Gasteiger partial charge in [0.05, 0.1) is 29.2 Å². The molecule has 0 N–H and O–H groups in total. The van der Waals surface area contributed by atoms with E-state index in [1.807, 2.05) is 0 Å². The summed E-state index contributed by atoms with van der Waals surface area (Å²) in [4.78, 5) is 28.9. The molecule has 7 nitrogen and oxygen atoms in total. The minimum Gasteiger partial charge on any atom is -0.493 e. The van der Waals surface area contributed by atoms with Crippen LogP contribution in [0.1, 0.15) is 29.5 Å². The Hall–Kier alpha value is -3.49. The van der Waals surface area contributed by atoms with Gasteiger partial charge in [0, 0.05) is 13.1 Å². The van der Waals surface area contributed by atoms with Crippen molar-refractivity contribution in [1.82, 2.24) is 9.80 Å². The highest BCUT2D eigenvalue weighted by Crippen LogP contribution is 2.41. The number of imide groups is 1. The molecule has 0 spiro atoms. The Morgan fingerprint density at radius 3 is 2.44 bits per heavy atom. The van der Waals surface area contributed by atoms with Crippen LogP contribution in [0.4, 0.5) is 18.0 Å². The average molecular weight is 518 g/mol. The number of halogens is 3. The number of carbonyl (C=O) groups is 2. The molecule has 11 heteroatoms. The van der Waals surface area contributed by atoms with Gasteiger partial charge in [-0.1, -0.05) is 6.07 Å². The van der Waals surface area contributed by atoms with E-state index in [-0.39, 0.29) is 33.1 Å². The maximum atomic E-state index is 13.5. The molecule has 36 heavy (non-hydrogen) atoms. The molecule has 2 aliphatic heterocycles. The first-order chi connectivity index (χ1) is 17.2. The van der Waals surface area contributed by atoms with Crippen molar-refractivity contribution in [2.24, 2.45) is 0 Å². The van der Waals surface area contributed by atoms with Gasteiger partial charge < -0.3 is 14.4 Å². The highest BCUT2D eigenvalue weighted by Gasteiger charge is 2.36. The number of thioether (sulfide) groups is 1. The molecule has 0 radical (unpaired) electrons. The zero-order valence-electron chi connectivity index (χ0n) is 19.3. The van der Waals surface area contributed by atoms with Crippen molar-refractivity contribution < 1.29 is 32.2 Å². The molecular weight excluding hydrogens is 495 g/mol. The van der Waals surface area contributed by atoms with Gasteiger partial charge in [-0.3, -0.25) is 14.5 Å². The number of methoxy groups -OCH3 is 1. The fourth-order valence-electron chi connectivity index (χ4n) is 3.98. The van der Waals surface area contributed by atoms with E-state index in [0.29, 0.717) is 18.7 Å². The first kappa shape index (κ1) is 25.6. The number of rotatable bonds is 7. The number of carbonyl (C=O) groups excluding carboxylic acids is 2. The summed E-state index contributed by atoms with van der Waals surface area (Å²) in [5.74, 6) is -0.708. The second kappa shape index (κ2) is 10.6. The summed E-state index contributed by atoms with van der Waals surface area (Å²) in [5, 5.41) is 8.60. The van der Waals surface area contributed by atoms with E-state index >= 15 is 0 Å². The Morgan fingerprint density at radius 1 is 1.06 bits per heavy atom. The van der Waals surface area contributed by atoms with E-state index in [1.165, 1.54) is 36.3 Å². The Morgan fingerprint density at radius 2 is 1.78 bits per heavy atom. The number of ether oxygens (including phenoxy) is 2. The molecule has 2 amide bonds. The average Bonchev–Trinajstić information content (AvgIpc) is 3.46. The molecule has 4 rings (SSSR count). The maximum absolute atomic E-state index is 13.5. The number of likely N-dealkylation sites (tertiary alicyclic amines) is 1. The van der Waals surface area contributed by atoms with Crippen LogP contribution in [-0.2, 0) is 11.0 Å².